The smallest absolute Gasteiger partial charge is 0.318 e. The second kappa shape index (κ2) is 5.62. The molecule has 0 aromatic rings. The standard InChI is InChI=1S/C15H28N2O3/c1-7-11-9-8-10(2)17(11)13(20)16-15(5,6)14(3,4)12(18)19/h10-11H,7-9H2,1-6H3,(H,16,20)(H,18,19). The number of nitrogens with zero attached hydrogens (tertiary/aromatic N) is 1. The highest BCUT2D eigenvalue weighted by atomic mass is 16.4. The van der Waals surface area contributed by atoms with Crippen LogP contribution in [0.3, 0.4) is 0 Å². The normalized spacial score (nSPS) is 23.8. The first-order valence-electron chi connectivity index (χ1n) is 7.38. The quantitative estimate of drug-likeness (QED) is 0.834. The minimum atomic E-state index is -1.03. The lowest BCUT2D eigenvalue weighted by molar-refractivity contribution is -0.150. The molecule has 1 heterocycles. The Morgan fingerprint density at radius 2 is 1.80 bits per heavy atom. The van der Waals surface area contributed by atoms with Crippen LogP contribution in [0, 0.1) is 5.41 Å². The van der Waals surface area contributed by atoms with Gasteiger partial charge in [0.05, 0.1) is 11.0 Å². The lowest BCUT2D eigenvalue weighted by atomic mass is 9.74. The van der Waals surface area contributed by atoms with Gasteiger partial charge in [-0.2, -0.15) is 0 Å². The van der Waals surface area contributed by atoms with E-state index >= 15 is 0 Å². The maximum atomic E-state index is 12.5. The van der Waals surface area contributed by atoms with Crippen LogP contribution in [-0.2, 0) is 4.79 Å². The van der Waals surface area contributed by atoms with Gasteiger partial charge in [0.15, 0.2) is 0 Å². The molecule has 5 heteroatoms. The van der Waals surface area contributed by atoms with Gasteiger partial charge >= 0.3 is 12.0 Å². The van der Waals surface area contributed by atoms with Crippen LogP contribution in [0.5, 0.6) is 0 Å². The van der Waals surface area contributed by atoms with E-state index in [1.165, 1.54) is 0 Å². The number of carbonyl (C=O) groups excluding carboxylic acids is 1. The molecule has 20 heavy (non-hydrogen) atoms. The minimum absolute atomic E-state index is 0.152. The topological polar surface area (TPSA) is 69.6 Å². The fraction of sp³-hybridized carbons (Fsp3) is 0.867. The van der Waals surface area contributed by atoms with Crippen molar-refractivity contribution in [3.05, 3.63) is 0 Å². The summed E-state index contributed by atoms with van der Waals surface area (Å²) in [7, 11) is 0. The third kappa shape index (κ3) is 2.91. The first-order valence-corrected chi connectivity index (χ1v) is 7.38. The van der Waals surface area contributed by atoms with E-state index in [0.717, 1.165) is 19.3 Å². The number of urea groups is 1. The van der Waals surface area contributed by atoms with Gasteiger partial charge in [-0.15, -0.1) is 0 Å². The van der Waals surface area contributed by atoms with E-state index in [9.17, 15) is 14.7 Å². The van der Waals surface area contributed by atoms with E-state index in [2.05, 4.69) is 12.2 Å². The molecule has 1 aliphatic rings. The van der Waals surface area contributed by atoms with Crippen LogP contribution in [0.4, 0.5) is 4.79 Å². The van der Waals surface area contributed by atoms with Crippen molar-refractivity contribution in [3.63, 3.8) is 0 Å². The van der Waals surface area contributed by atoms with Gasteiger partial charge in [0.1, 0.15) is 0 Å². The Balaban J connectivity index is 2.87. The number of carbonyl (C=O) groups is 2. The molecule has 1 rings (SSSR count). The largest absolute Gasteiger partial charge is 0.481 e. The molecule has 2 atom stereocenters. The molecule has 116 valence electrons. The summed E-state index contributed by atoms with van der Waals surface area (Å²) in [5.41, 5.74) is -1.86. The fourth-order valence-electron chi connectivity index (χ4n) is 2.59. The molecule has 2 amide bonds. The molecule has 0 saturated carbocycles. The van der Waals surface area contributed by atoms with Crippen LogP contribution in [0.2, 0.25) is 0 Å². The lowest BCUT2D eigenvalue weighted by Gasteiger charge is -2.41. The third-order valence-corrected chi connectivity index (χ3v) is 5.01. The molecule has 0 aromatic heterocycles. The van der Waals surface area contributed by atoms with Gasteiger partial charge < -0.3 is 15.3 Å². The maximum Gasteiger partial charge on any atom is 0.318 e. The number of amides is 2. The van der Waals surface area contributed by atoms with Crippen LogP contribution in [0.15, 0.2) is 0 Å². The van der Waals surface area contributed by atoms with Crippen molar-refractivity contribution in [2.45, 2.75) is 78.4 Å². The summed E-state index contributed by atoms with van der Waals surface area (Å²) in [5.74, 6) is -0.913. The first-order chi connectivity index (χ1) is 9.04. The Morgan fingerprint density at radius 3 is 2.25 bits per heavy atom. The summed E-state index contributed by atoms with van der Waals surface area (Å²) in [5, 5.41) is 12.3. The average molecular weight is 284 g/mol. The van der Waals surface area contributed by atoms with Crippen molar-refractivity contribution in [1.82, 2.24) is 10.2 Å². The molecule has 0 bridgehead atoms. The summed E-state index contributed by atoms with van der Waals surface area (Å²) in [6.07, 6.45) is 2.96. The monoisotopic (exact) mass is 284 g/mol. The van der Waals surface area contributed by atoms with Crippen LogP contribution in [-0.4, -0.2) is 39.6 Å². The Morgan fingerprint density at radius 1 is 1.25 bits per heavy atom. The zero-order chi connectivity index (χ0) is 15.7. The molecule has 2 N–H and O–H groups in total. The van der Waals surface area contributed by atoms with Crippen molar-refractivity contribution in [3.8, 4) is 0 Å². The highest BCUT2D eigenvalue weighted by Crippen LogP contribution is 2.32. The van der Waals surface area contributed by atoms with E-state index in [4.69, 9.17) is 0 Å². The van der Waals surface area contributed by atoms with E-state index in [-0.39, 0.29) is 18.1 Å². The molecule has 0 aliphatic carbocycles. The van der Waals surface area contributed by atoms with Gasteiger partial charge in [0, 0.05) is 12.1 Å². The van der Waals surface area contributed by atoms with E-state index < -0.39 is 16.9 Å². The van der Waals surface area contributed by atoms with Crippen LogP contribution < -0.4 is 5.32 Å². The second-order valence-corrected chi connectivity index (χ2v) is 6.88. The highest BCUT2D eigenvalue weighted by Gasteiger charge is 2.46. The summed E-state index contributed by atoms with van der Waals surface area (Å²) < 4.78 is 0. The fourth-order valence-corrected chi connectivity index (χ4v) is 2.59. The second-order valence-electron chi connectivity index (χ2n) is 6.88. The minimum Gasteiger partial charge on any atom is -0.481 e. The van der Waals surface area contributed by atoms with Gasteiger partial charge in [0.25, 0.3) is 0 Å². The molecule has 2 unspecified atom stereocenters. The Hall–Kier alpha value is -1.26. The third-order valence-electron chi connectivity index (χ3n) is 5.01. The molecular formula is C15H28N2O3. The first kappa shape index (κ1) is 16.8. The Bertz CT molecular complexity index is 391. The van der Waals surface area contributed by atoms with Crippen molar-refractivity contribution >= 4 is 12.0 Å². The predicted molar refractivity (Wildman–Crippen MR) is 78.6 cm³/mol. The highest BCUT2D eigenvalue weighted by molar-refractivity contribution is 5.80. The van der Waals surface area contributed by atoms with Gasteiger partial charge in [-0.3, -0.25) is 4.79 Å². The maximum absolute atomic E-state index is 12.5. The van der Waals surface area contributed by atoms with Gasteiger partial charge in [-0.1, -0.05) is 6.92 Å². The van der Waals surface area contributed by atoms with Crippen LogP contribution in [0.25, 0.3) is 0 Å². The van der Waals surface area contributed by atoms with Crippen molar-refractivity contribution < 1.29 is 14.7 Å². The van der Waals surface area contributed by atoms with Crippen LogP contribution >= 0.6 is 0 Å². The molecule has 0 radical (unpaired) electrons. The van der Waals surface area contributed by atoms with Crippen molar-refractivity contribution in [1.29, 1.82) is 0 Å². The van der Waals surface area contributed by atoms with Crippen LogP contribution in [0.1, 0.15) is 60.8 Å². The van der Waals surface area contributed by atoms with Gasteiger partial charge in [0.2, 0.25) is 0 Å². The molecule has 0 aromatic carbocycles. The summed E-state index contributed by atoms with van der Waals surface area (Å²) in [6.45, 7) is 10.9. The molecule has 1 fully saturated rings. The number of hydrogen-bond donors (Lipinski definition) is 2. The number of nitrogens with one attached hydrogen (secondary N) is 1. The predicted octanol–water partition coefficient (Wildman–Crippen LogP) is 2.85. The Labute approximate surface area is 121 Å². The average Bonchev–Trinajstić information content (AvgIpc) is 2.69. The SMILES string of the molecule is CCC1CCC(C)N1C(=O)NC(C)(C)C(C)(C)C(=O)O. The molecule has 0 spiro atoms. The molecule has 5 nitrogen and oxygen atoms in total. The molecule has 1 saturated heterocycles. The van der Waals surface area contributed by atoms with E-state index in [1.54, 1.807) is 27.7 Å². The Kier molecular flexibility index (Phi) is 4.72. The van der Waals surface area contributed by atoms with Gasteiger partial charge in [-0.05, 0) is 53.9 Å². The summed E-state index contributed by atoms with van der Waals surface area (Å²) in [6, 6.07) is 0.318. The molecular weight excluding hydrogens is 256 g/mol. The van der Waals surface area contributed by atoms with Crippen molar-refractivity contribution in [2.75, 3.05) is 0 Å². The number of aliphatic carboxylic acids is 1. The van der Waals surface area contributed by atoms with E-state index in [1.807, 2.05) is 11.8 Å². The number of rotatable bonds is 4. The lowest BCUT2D eigenvalue weighted by Crippen LogP contribution is -2.60. The number of carboxylic acids is 1. The summed E-state index contributed by atoms with van der Waals surface area (Å²) >= 11 is 0. The van der Waals surface area contributed by atoms with E-state index in [0.29, 0.717) is 0 Å². The van der Waals surface area contributed by atoms with Gasteiger partial charge in [-0.25, -0.2) is 4.79 Å². The number of likely N-dealkylation sites (tertiary alicyclic amines) is 1. The summed E-state index contributed by atoms with van der Waals surface area (Å²) in [4.78, 5) is 25.8. The zero-order valence-corrected chi connectivity index (χ0v) is 13.5. The zero-order valence-electron chi connectivity index (χ0n) is 13.5. The number of hydrogen-bond acceptors (Lipinski definition) is 2. The van der Waals surface area contributed by atoms with Crippen molar-refractivity contribution in [2.24, 2.45) is 5.41 Å². The number of carboxylic acid groups (broad SMARTS) is 1. The molecule has 1 aliphatic heterocycles.